The third-order valence-corrected chi connectivity index (χ3v) is 11.5. The molecule has 0 saturated carbocycles. The van der Waals surface area contributed by atoms with Crippen LogP contribution in [-0.4, -0.2) is 4.57 Å². The van der Waals surface area contributed by atoms with Crippen LogP contribution in [0.3, 0.4) is 0 Å². The van der Waals surface area contributed by atoms with Crippen LogP contribution >= 0.6 is 0 Å². The monoisotopic (exact) mass is 738 g/mol. The number of anilines is 3. The summed E-state index contributed by atoms with van der Waals surface area (Å²) in [4.78, 5) is 2.52. The zero-order valence-corrected chi connectivity index (χ0v) is 31.8. The summed E-state index contributed by atoms with van der Waals surface area (Å²) in [6.07, 6.45) is 0. The van der Waals surface area contributed by atoms with Gasteiger partial charge >= 0.3 is 0 Å². The van der Waals surface area contributed by atoms with E-state index in [0.717, 1.165) is 45.0 Å². The van der Waals surface area contributed by atoms with Crippen molar-refractivity contribution in [1.29, 1.82) is 0 Å². The molecule has 0 bridgehead atoms. The largest absolute Gasteiger partial charge is 0.309 e. The second kappa shape index (κ2) is 14.1. The molecule has 11 aromatic rings. The SMILES string of the molecule is c1ccc(-c2cc(-c3ccc4ccccc4c3)ccc2N(c2ccccc2-c2ccc3ccccc3c2)c2cccc3c2c2ccccc2n3-c2ccccc2)cc1. The van der Waals surface area contributed by atoms with Gasteiger partial charge in [-0.25, -0.2) is 0 Å². The molecule has 0 aliphatic carbocycles. The van der Waals surface area contributed by atoms with Gasteiger partial charge in [0.05, 0.1) is 28.1 Å². The lowest BCUT2D eigenvalue weighted by Crippen LogP contribution is -2.13. The second-order valence-electron chi connectivity index (χ2n) is 14.9. The molecule has 1 aromatic heterocycles. The van der Waals surface area contributed by atoms with Crippen molar-refractivity contribution in [3.05, 3.63) is 231 Å². The molecule has 0 saturated heterocycles. The van der Waals surface area contributed by atoms with E-state index in [4.69, 9.17) is 0 Å². The first-order valence-electron chi connectivity index (χ1n) is 19.9. The van der Waals surface area contributed by atoms with Crippen LogP contribution in [0.2, 0.25) is 0 Å². The van der Waals surface area contributed by atoms with E-state index in [1.807, 2.05) is 0 Å². The number of rotatable bonds is 7. The Bertz CT molecular complexity index is 3290. The third-order valence-electron chi connectivity index (χ3n) is 11.5. The molecule has 1 heterocycles. The first-order chi connectivity index (χ1) is 28.8. The highest BCUT2D eigenvalue weighted by Crippen LogP contribution is 2.49. The highest BCUT2D eigenvalue weighted by Gasteiger charge is 2.25. The molecule has 272 valence electrons. The van der Waals surface area contributed by atoms with Crippen molar-refractivity contribution in [2.24, 2.45) is 0 Å². The van der Waals surface area contributed by atoms with Gasteiger partial charge in [-0.3, -0.25) is 0 Å². The highest BCUT2D eigenvalue weighted by molar-refractivity contribution is 6.17. The summed E-state index contributed by atoms with van der Waals surface area (Å²) in [5.74, 6) is 0. The van der Waals surface area contributed by atoms with Crippen LogP contribution in [0.15, 0.2) is 231 Å². The van der Waals surface area contributed by atoms with Crippen molar-refractivity contribution in [3.63, 3.8) is 0 Å². The molecule has 0 fully saturated rings. The van der Waals surface area contributed by atoms with E-state index in [2.05, 4.69) is 240 Å². The molecule has 2 nitrogen and oxygen atoms in total. The first kappa shape index (κ1) is 33.6. The number of aromatic nitrogens is 1. The lowest BCUT2D eigenvalue weighted by Gasteiger charge is -2.31. The zero-order chi connectivity index (χ0) is 38.4. The fourth-order valence-corrected chi connectivity index (χ4v) is 8.83. The Morgan fingerprint density at radius 1 is 0.293 bits per heavy atom. The fraction of sp³-hybridized carbons (Fsp3) is 0. The quantitative estimate of drug-likeness (QED) is 0.158. The summed E-state index contributed by atoms with van der Waals surface area (Å²) in [7, 11) is 0. The van der Waals surface area contributed by atoms with Crippen LogP contribution < -0.4 is 4.90 Å². The van der Waals surface area contributed by atoms with Crippen molar-refractivity contribution in [3.8, 4) is 39.1 Å². The molecule has 11 rings (SSSR count). The highest BCUT2D eigenvalue weighted by atomic mass is 15.2. The van der Waals surface area contributed by atoms with E-state index < -0.39 is 0 Å². The molecule has 58 heavy (non-hydrogen) atoms. The lowest BCUT2D eigenvalue weighted by atomic mass is 9.94. The van der Waals surface area contributed by atoms with Crippen LogP contribution in [0, 0.1) is 0 Å². The summed E-state index contributed by atoms with van der Waals surface area (Å²) in [5.41, 5.74) is 13.8. The summed E-state index contributed by atoms with van der Waals surface area (Å²) in [6, 6.07) is 83.9. The molecule has 0 atom stereocenters. The fourth-order valence-electron chi connectivity index (χ4n) is 8.83. The summed E-state index contributed by atoms with van der Waals surface area (Å²) < 4.78 is 2.41. The average Bonchev–Trinajstić information content (AvgIpc) is 3.65. The normalized spacial score (nSPS) is 11.4. The van der Waals surface area contributed by atoms with Crippen LogP contribution in [0.25, 0.3) is 82.4 Å². The summed E-state index contributed by atoms with van der Waals surface area (Å²) in [5, 5.41) is 7.34. The van der Waals surface area contributed by atoms with Gasteiger partial charge in [0.15, 0.2) is 0 Å². The maximum Gasteiger partial charge on any atom is 0.0562 e. The minimum atomic E-state index is 1.10. The molecule has 0 aliphatic heterocycles. The van der Waals surface area contributed by atoms with Crippen molar-refractivity contribution >= 4 is 60.4 Å². The van der Waals surface area contributed by atoms with E-state index in [-0.39, 0.29) is 0 Å². The van der Waals surface area contributed by atoms with Crippen LogP contribution in [0.4, 0.5) is 17.1 Å². The Hall–Kier alpha value is -7.68. The van der Waals surface area contributed by atoms with E-state index in [9.17, 15) is 0 Å². The molecule has 0 amide bonds. The molecule has 0 spiro atoms. The minimum Gasteiger partial charge on any atom is -0.309 e. The number of hydrogen-bond donors (Lipinski definition) is 0. The smallest absolute Gasteiger partial charge is 0.0562 e. The van der Waals surface area contributed by atoms with Crippen LogP contribution in [0.5, 0.6) is 0 Å². The Morgan fingerprint density at radius 2 is 0.828 bits per heavy atom. The van der Waals surface area contributed by atoms with E-state index >= 15 is 0 Å². The number of para-hydroxylation sites is 3. The average molecular weight is 739 g/mol. The molecule has 0 unspecified atom stereocenters. The van der Waals surface area contributed by atoms with Gasteiger partial charge < -0.3 is 9.47 Å². The molecular weight excluding hydrogens is 701 g/mol. The Labute approximate surface area is 338 Å². The van der Waals surface area contributed by atoms with Crippen LogP contribution in [0.1, 0.15) is 0 Å². The van der Waals surface area contributed by atoms with Gasteiger partial charge in [0.25, 0.3) is 0 Å². The molecule has 2 heteroatoms. The number of nitrogens with zero attached hydrogens (tertiary/aromatic N) is 2. The predicted molar refractivity (Wildman–Crippen MR) is 247 cm³/mol. The first-order valence-corrected chi connectivity index (χ1v) is 19.9. The Morgan fingerprint density at radius 3 is 1.60 bits per heavy atom. The minimum absolute atomic E-state index is 1.10. The number of benzene rings is 10. The number of hydrogen-bond acceptors (Lipinski definition) is 1. The van der Waals surface area contributed by atoms with Crippen LogP contribution in [-0.2, 0) is 0 Å². The van der Waals surface area contributed by atoms with E-state index in [0.29, 0.717) is 0 Å². The van der Waals surface area contributed by atoms with Crippen molar-refractivity contribution in [1.82, 2.24) is 4.57 Å². The van der Waals surface area contributed by atoms with Crippen molar-refractivity contribution in [2.45, 2.75) is 0 Å². The molecule has 0 radical (unpaired) electrons. The second-order valence-corrected chi connectivity index (χ2v) is 14.9. The van der Waals surface area contributed by atoms with Gasteiger partial charge in [-0.1, -0.05) is 170 Å². The molecular formula is C56H38N2. The van der Waals surface area contributed by atoms with E-state index in [1.165, 1.54) is 54.5 Å². The topological polar surface area (TPSA) is 8.17 Å². The summed E-state index contributed by atoms with van der Waals surface area (Å²) >= 11 is 0. The van der Waals surface area contributed by atoms with Gasteiger partial charge in [-0.05, 0) is 104 Å². The molecule has 10 aromatic carbocycles. The maximum absolute atomic E-state index is 2.52. The van der Waals surface area contributed by atoms with Gasteiger partial charge in [0.2, 0.25) is 0 Å². The van der Waals surface area contributed by atoms with Crippen molar-refractivity contribution < 1.29 is 0 Å². The zero-order valence-electron chi connectivity index (χ0n) is 31.8. The van der Waals surface area contributed by atoms with Gasteiger partial charge in [0, 0.05) is 27.6 Å². The Balaban J connectivity index is 1.23. The van der Waals surface area contributed by atoms with E-state index in [1.54, 1.807) is 0 Å². The number of fused-ring (bicyclic) bond motifs is 5. The maximum atomic E-state index is 2.52. The van der Waals surface area contributed by atoms with Gasteiger partial charge in [-0.2, -0.15) is 0 Å². The standard InChI is InChI=1S/C56H38N2/c1-3-18-41(19-4-1)50-38-45(44-32-30-39-16-7-9-20-42(39)36-44)34-35-53(50)58(51-26-13-11-24-48(51)46-33-31-40-17-8-10-21-43(40)37-46)55-29-15-28-54-56(55)49-25-12-14-27-52(49)57(54)47-22-5-2-6-23-47/h1-38H. The molecule has 0 aliphatic rings. The van der Waals surface area contributed by atoms with Crippen molar-refractivity contribution in [2.75, 3.05) is 4.90 Å². The lowest BCUT2D eigenvalue weighted by molar-refractivity contribution is 1.18. The third kappa shape index (κ3) is 5.74. The van der Waals surface area contributed by atoms with Gasteiger partial charge in [0.1, 0.15) is 0 Å². The predicted octanol–water partition coefficient (Wildman–Crippen LogP) is 15.6. The Kier molecular flexibility index (Phi) is 8.19. The molecule has 0 N–H and O–H groups in total. The summed E-state index contributed by atoms with van der Waals surface area (Å²) in [6.45, 7) is 0. The van der Waals surface area contributed by atoms with Gasteiger partial charge in [-0.15, -0.1) is 0 Å².